The molecule has 0 radical (unpaired) electrons. The molecule has 3 saturated heterocycles. The number of nitrogens with zero attached hydrogens (tertiary/aromatic N) is 2. The Hall–Kier alpha value is -2.24. The van der Waals surface area contributed by atoms with E-state index in [2.05, 4.69) is 41.3 Å². The molecule has 0 saturated carbocycles. The molecule has 1 unspecified atom stereocenters. The lowest BCUT2D eigenvalue weighted by molar-refractivity contribution is -0.159. The smallest absolute Gasteiger partial charge is 0.312 e. The number of likely N-dealkylation sites (tertiary alicyclic amines) is 1. The number of carbonyl (C=O) groups excluding carboxylic acids is 4. The van der Waals surface area contributed by atoms with Crippen LogP contribution in [0.4, 0.5) is 0 Å². The molecule has 3 heterocycles. The Morgan fingerprint density at radius 2 is 2.05 bits per heavy atom. The molecule has 3 amide bonds. The summed E-state index contributed by atoms with van der Waals surface area (Å²) in [7, 11) is 0. The fourth-order valence-electron chi connectivity index (χ4n) is 6.23. The van der Waals surface area contributed by atoms with E-state index in [0.29, 0.717) is 38.8 Å². The van der Waals surface area contributed by atoms with Crippen LogP contribution in [0.5, 0.6) is 0 Å². The Morgan fingerprint density at radius 1 is 1.30 bits per heavy atom. The van der Waals surface area contributed by atoms with Crippen molar-refractivity contribution in [2.75, 3.05) is 32.8 Å². The lowest BCUT2D eigenvalue weighted by Gasteiger charge is -2.37. The van der Waals surface area contributed by atoms with Crippen LogP contribution in [-0.4, -0.2) is 100 Å². The number of hydrogen-bond acceptors (Lipinski definition) is 7. The van der Waals surface area contributed by atoms with Gasteiger partial charge >= 0.3 is 5.97 Å². The number of halogens is 1. The fourth-order valence-corrected chi connectivity index (χ4v) is 7.17. The number of unbranched alkanes of at least 4 members (excludes halogenated alkanes) is 2. The van der Waals surface area contributed by atoms with Gasteiger partial charge in [0.1, 0.15) is 17.7 Å². The van der Waals surface area contributed by atoms with Crippen LogP contribution in [0.15, 0.2) is 25.3 Å². The molecule has 2 N–H and O–H groups in total. The zero-order valence-corrected chi connectivity index (χ0v) is 25.3. The molecular formula is C29H44BrN3O7. The summed E-state index contributed by atoms with van der Waals surface area (Å²) in [4.78, 5) is 56.5. The minimum Gasteiger partial charge on any atom is -0.460 e. The average Bonchev–Trinajstić information content (AvgIpc) is 3.51. The second-order valence-corrected chi connectivity index (χ2v) is 12.1. The van der Waals surface area contributed by atoms with Gasteiger partial charge in [-0.15, -0.1) is 13.2 Å². The van der Waals surface area contributed by atoms with Gasteiger partial charge in [0, 0.05) is 37.5 Å². The number of ether oxygens (including phenoxy) is 2. The summed E-state index contributed by atoms with van der Waals surface area (Å²) in [6.07, 6.45) is 6.43. The number of fused-ring (bicyclic) bond motifs is 1. The molecule has 3 rings (SSSR count). The van der Waals surface area contributed by atoms with Gasteiger partial charge < -0.3 is 29.7 Å². The van der Waals surface area contributed by atoms with Crippen molar-refractivity contribution in [1.82, 2.24) is 15.1 Å². The number of aliphatic hydroxyl groups excluding tert-OH is 1. The van der Waals surface area contributed by atoms with Crippen molar-refractivity contribution in [3.63, 3.8) is 0 Å². The largest absolute Gasteiger partial charge is 0.460 e. The molecule has 10 nitrogen and oxygen atoms in total. The molecule has 3 fully saturated rings. The minimum atomic E-state index is -1.18. The monoisotopic (exact) mass is 625 g/mol. The second-order valence-electron chi connectivity index (χ2n) is 10.9. The predicted octanol–water partition coefficient (Wildman–Crippen LogP) is 2.34. The molecule has 2 bridgehead atoms. The highest BCUT2D eigenvalue weighted by molar-refractivity contribution is 9.09. The number of aliphatic hydroxyl groups is 1. The summed E-state index contributed by atoms with van der Waals surface area (Å²) in [5.41, 5.74) is -1.18. The maximum Gasteiger partial charge on any atom is 0.312 e. The highest BCUT2D eigenvalue weighted by atomic mass is 79.9. The van der Waals surface area contributed by atoms with Crippen molar-refractivity contribution in [3.8, 4) is 0 Å². The lowest BCUT2D eigenvalue weighted by atomic mass is 9.70. The molecule has 1 spiro atoms. The molecule has 3 aliphatic heterocycles. The van der Waals surface area contributed by atoms with E-state index in [-0.39, 0.29) is 42.2 Å². The van der Waals surface area contributed by atoms with Gasteiger partial charge in [-0.2, -0.15) is 0 Å². The van der Waals surface area contributed by atoms with Crippen LogP contribution in [0, 0.1) is 11.8 Å². The van der Waals surface area contributed by atoms with E-state index in [1.807, 2.05) is 0 Å². The summed E-state index contributed by atoms with van der Waals surface area (Å²) >= 11 is 3.65. The van der Waals surface area contributed by atoms with Crippen molar-refractivity contribution in [2.24, 2.45) is 11.8 Å². The predicted molar refractivity (Wildman–Crippen MR) is 153 cm³/mol. The van der Waals surface area contributed by atoms with E-state index in [4.69, 9.17) is 9.47 Å². The molecule has 0 aromatic rings. The van der Waals surface area contributed by atoms with Crippen LogP contribution in [0.25, 0.3) is 0 Å². The fraction of sp³-hybridized carbons (Fsp3) is 0.724. The first-order chi connectivity index (χ1) is 19.2. The van der Waals surface area contributed by atoms with Gasteiger partial charge in [-0.05, 0) is 32.6 Å². The van der Waals surface area contributed by atoms with Crippen LogP contribution >= 0.6 is 15.9 Å². The lowest BCUT2D eigenvalue weighted by Crippen LogP contribution is -2.57. The van der Waals surface area contributed by atoms with Crippen LogP contribution in [0.1, 0.15) is 58.8 Å². The van der Waals surface area contributed by atoms with Crippen molar-refractivity contribution < 1.29 is 33.8 Å². The van der Waals surface area contributed by atoms with Crippen molar-refractivity contribution >= 4 is 39.6 Å². The topological polar surface area (TPSA) is 125 Å². The molecule has 40 heavy (non-hydrogen) atoms. The van der Waals surface area contributed by atoms with E-state index in [1.54, 1.807) is 24.0 Å². The number of alkyl halides is 1. The summed E-state index contributed by atoms with van der Waals surface area (Å²) in [5.74, 6) is -3.07. The van der Waals surface area contributed by atoms with Crippen molar-refractivity contribution in [2.45, 2.75) is 87.5 Å². The molecule has 7 atom stereocenters. The zero-order chi connectivity index (χ0) is 29.4. The van der Waals surface area contributed by atoms with E-state index >= 15 is 0 Å². The average molecular weight is 627 g/mol. The molecule has 224 valence electrons. The van der Waals surface area contributed by atoms with Crippen molar-refractivity contribution in [3.05, 3.63) is 25.3 Å². The highest BCUT2D eigenvalue weighted by Gasteiger charge is 2.77. The van der Waals surface area contributed by atoms with E-state index in [9.17, 15) is 24.3 Å². The van der Waals surface area contributed by atoms with Gasteiger partial charge in [-0.1, -0.05) is 47.8 Å². The van der Waals surface area contributed by atoms with Crippen LogP contribution < -0.4 is 5.32 Å². The normalized spacial score (nSPS) is 29.1. The number of esters is 1. The Kier molecular flexibility index (Phi) is 11.8. The van der Waals surface area contributed by atoms with E-state index < -0.39 is 41.7 Å². The quantitative estimate of drug-likeness (QED) is 0.110. The molecule has 0 aromatic carbocycles. The van der Waals surface area contributed by atoms with Gasteiger partial charge in [0.05, 0.1) is 24.5 Å². The van der Waals surface area contributed by atoms with Crippen LogP contribution in [0.2, 0.25) is 0 Å². The first kappa shape index (κ1) is 32.3. The minimum absolute atomic E-state index is 0.138. The standard InChI is InChI=1S/C29H44BrN3O7/c1-5-8-10-14-32(13-7-3)27(37)25-29-17-20(30)24(40-29)22(23(29)26(36)33(25)15-11-16-34)28(38)39-19(4)18-31-21(35)12-9-6-2/h6-7,19-20,22-25,34H,2-3,5,8-18H2,1,4H3,(H,31,35)/t19-,20?,22-,23+,24-,25-,29+/m0/s1. The van der Waals surface area contributed by atoms with Crippen molar-refractivity contribution in [1.29, 1.82) is 0 Å². The maximum absolute atomic E-state index is 14.1. The summed E-state index contributed by atoms with van der Waals surface area (Å²) in [6.45, 7) is 12.2. The molecule has 0 aliphatic carbocycles. The zero-order valence-electron chi connectivity index (χ0n) is 23.7. The Balaban J connectivity index is 1.85. The van der Waals surface area contributed by atoms with Crippen LogP contribution in [0.3, 0.4) is 0 Å². The summed E-state index contributed by atoms with van der Waals surface area (Å²) < 4.78 is 12.2. The van der Waals surface area contributed by atoms with Gasteiger partial charge in [0.2, 0.25) is 17.7 Å². The molecule has 3 aliphatic rings. The van der Waals surface area contributed by atoms with Gasteiger partial charge in [0.25, 0.3) is 0 Å². The first-order valence-electron chi connectivity index (χ1n) is 14.4. The summed E-state index contributed by atoms with van der Waals surface area (Å²) in [5, 5.41) is 12.3. The number of amides is 3. The Bertz CT molecular complexity index is 962. The van der Waals surface area contributed by atoms with Gasteiger partial charge in [-0.25, -0.2) is 0 Å². The maximum atomic E-state index is 14.1. The number of hydrogen-bond donors (Lipinski definition) is 2. The number of nitrogens with one attached hydrogen (secondary N) is 1. The molecule has 11 heteroatoms. The SMILES string of the molecule is C=CCCC(=O)NC[C@H](C)OC(=O)[C@@H]1[C@H]2O[C@@]3(CC2Br)[C@H](C(=O)N(CC=C)CCCCC)N(CCCO)C(=O)[C@@H]13. The van der Waals surface area contributed by atoms with E-state index in [1.165, 1.54) is 4.90 Å². The Labute approximate surface area is 245 Å². The number of allylic oxidation sites excluding steroid dienone is 1. The third-order valence-corrected chi connectivity index (χ3v) is 8.87. The van der Waals surface area contributed by atoms with E-state index in [0.717, 1.165) is 19.3 Å². The van der Waals surface area contributed by atoms with Crippen LogP contribution in [-0.2, 0) is 28.7 Å². The third kappa shape index (κ3) is 6.62. The first-order valence-corrected chi connectivity index (χ1v) is 15.3. The second kappa shape index (κ2) is 14.6. The molecular weight excluding hydrogens is 582 g/mol. The number of carbonyl (C=O) groups is 4. The van der Waals surface area contributed by atoms with Gasteiger partial charge in [0.15, 0.2) is 0 Å². The third-order valence-electron chi connectivity index (χ3n) is 8.02. The van der Waals surface area contributed by atoms with Gasteiger partial charge in [-0.3, -0.25) is 19.2 Å². The number of rotatable bonds is 17. The molecule has 0 aromatic heterocycles. The Morgan fingerprint density at radius 3 is 2.70 bits per heavy atom. The highest BCUT2D eigenvalue weighted by Crippen LogP contribution is 2.60. The summed E-state index contributed by atoms with van der Waals surface area (Å²) in [6, 6.07) is -0.914.